The molecule has 20 heavy (non-hydrogen) atoms. The Hall–Kier alpha value is -1.81. The molecule has 4 heteroatoms. The van der Waals surface area contributed by atoms with Gasteiger partial charge in [0.15, 0.2) is 0 Å². The first-order valence-corrected chi connectivity index (χ1v) is 6.87. The van der Waals surface area contributed by atoms with Crippen LogP contribution in [0.25, 0.3) is 10.9 Å². The fourth-order valence-corrected chi connectivity index (χ4v) is 2.05. The highest BCUT2D eigenvalue weighted by atomic mass is 16.5. The maximum atomic E-state index is 5.71. The largest absolute Gasteiger partial charge is 0.497 e. The maximum absolute atomic E-state index is 5.71. The van der Waals surface area contributed by atoms with Crippen molar-refractivity contribution < 1.29 is 9.47 Å². The molecule has 1 heterocycles. The summed E-state index contributed by atoms with van der Waals surface area (Å²) < 4.78 is 10.9. The molecule has 0 unspecified atom stereocenters. The van der Waals surface area contributed by atoms with Crippen molar-refractivity contribution >= 4 is 16.7 Å². The topological polar surface area (TPSA) is 43.4 Å². The van der Waals surface area contributed by atoms with E-state index < -0.39 is 0 Å². The van der Waals surface area contributed by atoms with E-state index in [1.807, 2.05) is 25.2 Å². The zero-order valence-electron chi connectivity index (χ0n) is 12.6. The lowest BCUT2D eigenvalue weighted by Crippen LogP contribution is -2.05. The summed E-state index contributed by atoms with van der Waals surface area (Å²) in [6.45, 7) is 5.61. The van der Waals surface area contributed by atoms with Gasteiger partial charge in [0.25, 0.3) is 0 Å². The summed E-state index contributed by atoms with van der Waals surface area (Å²) in [5.74, 6) is 2.20. The fraction of sp³-hybridized carbons (Fsp3) is 0.438. The number of benzene rings is 1. The van der Waals surface area contributed by atoms with E-state index in [0.717, 1.165) is 34.6 Å². The average Bonchev–Trinajstić information content (AvgIpc) is 2.45. The average molecular weight is 274 g/mol. The lowest BCUT2D eigenvalue weighted by molar-refractivity contribution is 0.0973. The summed E-state index contributed by atoms with van der Waals surface area (Å²) in [4.78, 5) is 4.63. The first kappa shape index (κ1) is 14.6. The Kier molecular flexibility index (Phi) is 4.79. The van der Waals surface area contributed by atoms with Crippen LogP contribution in [0, 0.1) is 5.92 Å². The van der Waals surface area contributed by atoms with Crippen LogP contribution in [-0.2, 0) is 11.3 Å². The van der Waals surface area contributed by atoms with E-state index in [-0.39, 0.29) is 0 Å². The summed E-state index contributed by atoms with van der Waals surface area (Å²) in [7, 11) is 3.54. The van der Waals surface area contributed by atoms with Crippen molar-refractivity contribution in [1.82, 2.24) is 4.98 Å². The van der Waals surface area contributed by atoms with Crippen molar-refractivity contribution in [2.24, 2.45) is 5.92 Å². The van der Waals surface area contributed by atoms with Gasteiger partial charge in [0.1, 0.15) is 11.6 Å². The summed E-state index contributed by atoms with van der Waals surface area (Å²) in [5.41, 5.74) is 1.99. The Labute approximate surface area is 120 Å². The second kappa shape index (κ2) is 6.57. The lowest BCUT2D eigenvalue weighted by atomic mass is 10.1. The smallest absolute Gasteiger partial charge is 0.131 e. The van der Waals surface area contributed by atoms with Gasteiger partial charge in [-0.15, -0.1) is 0 Å². The molecule has 0 aliphatic heterocycles. The highest BCUT2D eigenvalue weighted by Crippen LogP contribution is 2.24. The number of fused-ring (bicyclic) bond motifs is 1. The molecule has 1 N–H and O–H groups in total. The Morgan fingerprint density at radius 1 is 1.25 bits per heavy atom. The number of nitrogens with zero attached hydrogens (tertiary/aromatic N) is 1. The molecule has 0 fully saturated rings. The third-order valence-electron chi connectivity index (χ3n) is 3.05. The standard InChI is InChI=1S/C16H22N2O2/c1-11(2)9-20-10-13-7-12-5-6-14(19-4)8-15(12)18-16(13)17-3/h5-8,11H,9-10H2,1-4H3,(H,17,18). The number of hydrogen-bond donors (Lipinski definition) is 1. The first-order valence-electron chi connectivity index (χ1n) is 6.87. The highest BCUT2D eigenvalue weighted by Gasteiger charge is 2.07. The first-order chi connectivity index (χ1) is 9.63. The van der Waals surface area contributed by atoms with Crippen LogP contribution in [0.3, 0.4) is 0 Å². The molecule has 0 atom stereocenters. The molecule has 0 bridgehead atoms. The maximum Gasteiger partial charge on any atom is 0.131 e. The lowest BCUT2D eigenvalue weighted by Gasteiger charge is -2.12. The zero-order valence-corrected chi connectivity index (χ0v) is 12.6. The van der Waals surface area contributed by atoms with Gasteiger partial charge < -0.3 is 14.8 Å². The predicted octanol–water partition coefficient (Wildman–Crippen LogP) is 3.46. The quantitative estimate of drug-likeness (QED) is 0.876. The van der Waals surface area contributed by atoms with E-state index >= 15 is 0 Å². The number of anilines is 1. The minimum atomic E-state index is 0.533. The van der Waals surface area contributed by atoms with E-state index in [9.17, 15) is 0 Å². The SMILES string of the molecule is CNc1nc2cc(OC)ccc2cc1COCC(C)C. The Balaban J connectivity index is 2.29. The molecule has 1 aromatic carbocycles. The van der Waals surface area contributed by atoms with Crippen LogP contribution in [0.5, 0.6) is 5.75 Å². The number of aromatic nitrogens is 1. The molecule has 0 amide bonds. The van der Waals surface area contributed by atoms with Gasteiger partial charge in [0.05, 0.1) is 19.2 Å². The molecule has 1 aromatic heterocycles. The van der Waals surface area contributed by atoms with Gasteiger partial charge >= 0.3 is 0 Å². The van der Waals surface area contributed by atoms with E-state index in [0.29, 0.717) is 12.5 Å². The van der Waals surface area contributed by atoms with Crippen LogP contribution in [0.15, 0.2) is 24.3 Å². The van der Waals surface area contributed by atoms with Gasteiger partial charge in [-0.1, -0.05) is 13.8 Å². The van der Waals surface area contributed by atoms with Crippen LogP contribution in [-0.4, -0.2) is 25.7 Å². The number of hydrogen-bond acceptors (Lipinski definition) is 4. The number of rotatable bonds is 6. The third-order valence-corrected chi connectivity index (χ3v) is 3.05. The van der Waals surface area contributed by atoms with Crippen molar-refractivity contribution in [3.63, 3.8) is 0 Å². The van der Waals surface area contributed by atoms with Crippen molar-refractivity contribution in [3.05, 3.63) is 29.8 Å². The number of pyridine rings is 1. The molecular weight excluding hydrogens is 252 g/mol. The van der Waals surface area contributed by atoms with Crippen LogP contribution in [0.2, 0.25) is 0 Å². The zero-order chi connectivity index (χ0) is 14.5. The van der Waals surface area contributed by atoms with Crippen LogP contribution in [0.1, 0.15) is 19.4 Å². The van der Waals surface area contributed by atoms with E-state index in [2.05, 4.69) is 30.2 Å². The molecule has 0 radical (unpaired) electrons. The van der Waals surface area contributed by atoms with E-state index in [1.165, 1.54) is 0 Å². The van der Waals surface area contributed by atoms with E-state index in [1.54, 1.807) is 7.11 Å². The Morgan fingerprint density at radius 3 is 2.70 bits per heavy atom. The number of nitrogens with one attached hydrogen (secondary N) is 1. The van der Waals surface area contributed by atoms with Crippen molar-refractivity contribution in [1.29, 1.82) is 0 Å². The molecule has 2 rings (SSSR count). The molecule has 2 aromatic rings. The second-order valence-electron chi connectivity index (χ2n) is 5.21. The van der Waals surface area contributed by atoms with Crippen molar-refractivity contribution in [2.75, 3.05) is 26.1 Å². The Bertz CT molecular complexity index is 582. The number of ether oxygens (including phenoxy) is 2. The minimum absolute atomic E-state index is 0.533. The van der Waals surface area contributed by atoms with Gasteiger partial charge in [-0.2, -0.15) is 0 Å². The molecule has 0 saturated heterocycles. The summed E-state index contributed by atoms with van der Waals surface area (Å²) in [6, 6.07) is 8.03. The molecule has 0 aliphatic rings. The van der Waals surface area contributed by atoms with Gasteiger partial charge in [-0.3, -0.25) is 0 Å². The van der Waals surface area contributed by atoms with Crippen LogP contribution < -0.4 is 10.1 Å². The summed E-state index contributed by atoms with van der Waals surface area (Å²) in [6.07, 6.45) is 0. The molecular formula is C16H22N2O2. The fourth-order valence-electron chi connectivity index (χ4n) is 2.05. The monoisotopic (exact) mass is 274 g/mol. The van der Waals surface area contributed by atoms with E-state index in [4.69, 9.17) is 9.47 Å². The van der Waals surface area contributed by atoms with Gasteiger partial charge in [0.2, 0.25) is 0 Å². The Morgan fingerprint density at radius 2 is 2.05 bits per heavy atom. The molecule has 0 saturated carbocycles. The van der Waals surface area contributed by atoms with Gasteiger partial charge in [-0.25, -0.2) is 4.98 Å². The predicted molar refractivity (Wildman–Crippen MR) is 82.3 cm³/mol. The van der Waals surface area contributed by atoms with Gasteiger partial charge in [-0.05, 0) is 24.1 Å². The van der Waals surface area contributed by atoms with Gasteiger partial charge in [0, 0.05) is 30.7 Å². The summed E-state index contributed by atoms with van der Waals surface area (Å²) in [5, 5.41) is 4.22. The number of methoxy groups -OCH3 is 1. The molecule has 0 spiro atoms. The normalized spacial score (nSPS) is 11.1. The van der Waals surface area contributed by atoms with Crippen LogP contribution in [0.4, 0.5) is 5.82 Å². The second-order valence-corrected chi connectivity index (χ2v) is 5.21. The minimum Gasteiger partial charge on any atom is -0.497 e. The van der Waals surface area contributed by atoms with Crippen LogP contribution >= 0.6 is 0 Å². The molecule has 108 valence electrons. The third kappa shape index (κ3) is 3.39. The molecule has 4 nitrogen and oxygen atoms in total. The van der Waals surface area contributed by atoms with Crippen molar-refractivity contribution in [3.8, 4) is 5.75 Å². The highest BCUT2D eigenvalue weighted by molar-refractivity contribution is 5.83. The summed E-state index contributed by atoms with van der Waals surface area (Å²) >= 11 is 0. The molecule has 0 aliphatic carbocycles. The van der Waals surface area contributed by atoms with Crippen molar-refractivity contribution in [2.45, 2.75) is 20.5 Å².